The number of nitrogens with two attached hydrogens (primary N) is 1. The van der Waals surface area contributed by atoms with Gasteiger partial charge in [0, 0.05) is 12.1 Å². The van der Waals surface area contributed by atoms with Gasteiger partial charge in [-0.3, -0.25) is 0 Å². The Balaban J connectivity index is 2.01. The molecule has 0 radical (unpaired) electrons. The summed E-state index contributed by atoms with van der Waals surface area (Å²) in [5, 5.41) is 4.70. The molecule has 0 aromatic heterocycles. The molecule has 1 aliphatic rings. The predicted octanol–water partition coefficient (Wildman–Crippen LogP) is 4.39. The number of rotatable bonds is 3. The minimum atomic E-state index is 0.249. The van der Waals surface area contributed by atoms with Crippen molar-refractivity contribution in [3.8, 4) is 0 Å². The van der Waals surface area contributed by atoms with Gasteiger partial charge in [0.2, 0.25) is 0 Å². The third-order valence-electron chi connectivity index (χ3n) is 3.82. The van der Waals surface area contributed by atoms with E-state index in [9.17, 15) is 0 Å². The Morgan fingerprint density at radius 1 is 1.17 bits per heavy atom. The number of anilines is 1. The first-order valence-electron chi connectivity index (χ1n) is 6.49. The van der Waals surface area contributed by atoms with Crippen LogP contribution in [0.4, 0.5) is 5.69 Å². The van der Waals surface area contributed by atoms with Crippen molar-refractivity contribution in [2.75, 3.05) is 5.73 Å². The molecule has 1 aromatic carbocycles. The molecule has 1 saturated carbocycles. The molecular formula is C14H20Cl2N2. The maximum atomic E-state index is 6.04. The van der Waals surface area contributed by atoms with Crippen molar-refractivity contribution in [3.63, 3.8) is 0 Å². The van der Waals surface area contributed by atoms with E-state index >= 15 is 0 Å². The molecule has 0 unspecified atom stereocenters. The van der Waals surface area contributed by atoms with E-state index in [2.05, 4.69) is 12.2 Å². The highest BCUT2D eigenvalue weighted by Crippen LogP contribution is 2.30. The van der Waals surface area contributed by atoms with Crippen LogP contribution in [0.25, 0.3) is 0 Å². The number of hydrogen-bond acceptors (Lipinski definition) is 2. The fourth-order valence-electron chi connectivity index (χ4n) is 2.56. The predicted molar refractivity (Wildman–Crippen MR) is 79.2 cm³/mol. The highest BCUT2D eigenvalue weighted by Gasteiger charge is 2.25. The second kappa shape index (κ2) is 5.68. The molecule has 3 N–H and O–H groups in total. The second-order valence-corrected chi connectivity index (χ2v) is 6.26. The lowest BCUT2D eigenvalue weighted by Gasteiger charge is -2.35. The zero-order valence-corrected chi connectivity index (χ0v) is 12.2. The summed E-state index contributed by atoms with van der Waals surface area (Å²) in [6, 6.07) is 3.78. The second-order valence-electron chi connectivity index (χ2n) is 5.45. The van der Waals surface area contributed by atoms with Crippen molar-refractivity contribution in [1.29, 1.82) is 0 Å². The van der Waals surface area contributed by atoms with Gasteiger partial charge in [0.25, 0.3) is 0 Å². The van der Waals surface area contributed by atoms with Gasteiger partial charge in [0.05, 0.1) is 15.7 Å². The summed E-state index contributed by atoms with van der Waals surface area (Å²) in [5.41, 5.74) is 7.53. The number of benzene rings is 1. The summed E-state index contributed by atoms with van der Waals surface area (Å²) >= 11 is 12.1. The summed E-state index contributed by atoms with van der Waals surface area (Å²) in [4.78, 5) is 0. The average molecular weight is 287 g/mol. The largest absolute Gasteiger partial charge is 0.396 e. The van der Waals surface area contributed by atoms with Crippen molar-refractivity contribution < 1.29 is 0 Å². The van der Waals surface area contributed by atoms with Gasteiger partial charge < -0.3 is 11.1 Å². The number of nitrogens with one attached hydrogen (secondary N) is 1. The lowest BCUT2D eigenvalue weighted by molar-refractivity contribution is 0.252. The number of hydrogen-bond donors (Lipinski definition) is 2. The first-order valence-corrected chi connectivity index (χ1v) is 7.24. The summed E-state index contributed by atoms with van der Waals surface area (Å²) in [6.45, 7) is 3.09. The Hall–Kier alpha value is -0.440. The third kappa shape index (κ3) is 3.31. The van der Waals surface area contributed by atoms with E-state index in [1.54, 1.807) is 0 Å². The van der Waals surface area contributed by atoms with Crippen LogP contribution in [0.1, 0.15) is 44.6 Å². The van der Waals surface area contributed by atoms with Crippen molar-refractivity contribution >= 4 is 28.9 Å². The lowest BCUT2D eigenvalue weighted by atomic mass is 9.83. The van der Waals surface area contributed by atoms with E-state index in [0.717, 1.165) is 12.1 Å². The maximum Gasteiger partial charge on any atom is 0.0693 e. The van der Waals surface area contributed by atoms with E-state index in [4.69, 9.17) is 28.9 Å². The number of halogens is 2. The smallest absolute Gasteiger partial charge is 0.0693 e. The summed E-state index contributed by atoms with van der Waals surface area (Å²) < 4.78 is 0. The Kier molecular flexibility index (Phi) is 4.41. The molecular weight excluding hydrogens is 267 g/mol. The van der Waals surface area contributed by atoms with Gasteiger partial charge in [-0.15, -0.1) is 0 Å². The van der Waals surface area contributed by atoms with E-state index in [0.29, 0.717) is 15.7 Å². The minimum absolute atomic E-state index is 0.249. The lowest BCUT2D eigenvalue weighted by Crippen LogP contribution is -2.43. The summed E-state index contributed by atoms with van der Waals surface area (Å²) in [6.07, 6.45) is 6.46. The van der Waals surface area contributed by atoms with Crippen LogP contribution in [0.2, 0.25) is 10.0 Å². The molecule has 0 amide bonds. The third-order valence-corrected chi connectivity index (χ3v) is 4.44. The van der Waals surface area contributed by atoms with Crippen LogP contribution in [0.5, 0.6) is 0 Å². The molecule has 0 heterocycles. The van der Waals surface area contributed by atoms with E-state index in [-0.39, 0.29) is 5.54 Å². The SMILES string of the molecule is CC1(NCc2cc(Cl)c(N)c(Cl)c2)CCCCC1. The van der Waals surface area contributed by atoms with Crippen molar-refractivity contribution in [3.05, 3.63) is 27.7 Å². The summed E-state index contributed by atoms with van der Waals surface area (Å²) in [7, 11) is 0. The molecule has 18 heavy (non-hydrogen) atoms. The Morgan fingerprint density at radius 3 is 2.28 bits per heavy atom. The van der Waals surface area contributed by atoms with Crippen molar-refractivity contribution in [2.45, 2.75) is 51.1 Å². The molecule has 1 aliphatic carbocycles. The molecule has 1 aromatic rings. The van der Waals surface area contributed by atoms with E-state index in [1.807, 2.05) is 12.1 Å². The summed E-state index contributed by atoms with van der Waals surface area (Å²) in [5.74, 6) is 0. The van der Waals surface area contributed by atoms with Gasteiger partial charge in [-0.25, -0.2) is 0 Å². The molecule has 4 heteroatoms. The van der Waals surface area contributed by atoms with Gasteiger partial charge in [-0.2, -0.15) is 0 Å². The van der Waals surface area contributed by atoms with Crippen LogP contribution in [-0.2, 0) is 6.54 Å². The van der Waals surface area contributed by atoms with E-state index in [1.165, 1.54) is 32.1 Å². The standard InChI is InChI=1S/C14H20Cl2N2/c1-14(5-3-2-4-6-14)18-9-10-7-11(15)13(17)12(16)8-10/h7-8,18H,2-6,9,17H2,1H3. The van der Waals surface area contributed by atoms with Gasteiger partial charge in [-0.05, 0) is 37.5 Å². The van der Waals surface area contributed by atoms with Gasteiger partial charge in [-0.1, -0.05) is 42.5 Å². The van der Waals surface area contributed by atoms with Gasteiger partial charge >= 0.3 is 0 Å². The highest BCUT2D eigenvalue weighted by atomic mass is 35.5. The van der Waals surface area contributed by atoms with Crippen molar-refractivity contribution in [2.24, 2.45) is 0 Å². The van der Waals surface area contributed by atoms with E-state index < -0.39 is 0 Å². The maximum absolute atomic E-state index is 6.04. The fourth-order valence-corrected chi connectivity index (χ4v) is 3.10. The zero-order valence-electron chi connectivity index (χ0n) is 10.7. The topological polar surface area (TPSA) is 38.0 Å². The molecule has 2 nitrogen and oxygen atoms in total. The van der Waals surface area contributed by atoms with Crippen LogP contribution in [0, 0.1) is 0 Å². The Bertz CT molecular complexity index is 403. The molecule has 100 valence electrons. The molecule has 0 spiro atoms. The quantitative estimate of drug-likeness (QED) is 0.809. The first kappa shape index (κ1) is 14.0. The molecule has 0 bridgehead atoms. The van der Waals surface area contributed by atoms with Crippen LogP contribution < -0.4 is 11.1 Å². The fraction of sp³-hybridized carbons (Fsp3) is 0.571. The Labute approximate surface area is 119 Å². The van der Waals surface area contributed by atoms with Crippen LogP contribution in [0.15, 0.2) is 12.1 Å². The molecule has 2 rings (SSSR count). The van der Waals surface area contributed by atoms with Gasteiger partial charge in [0.1, 0.15) is 0 Å². The molecule has 0 atom stereocenters. The minimum Gasteiger partial charge on any atom is -0.396 e. The zero-order chi connectivity index (χ0) is 13.2. The van der Waals surface area contributed by atoms with Crippen LogP contribution in [0.3, 0.4) is 0 Å². The number of nitrogen functional groups attached to an aromatic ring is 1. The van der Waals surface area contributed by atoms with Crippen LogP contribution in [-0.4, -0.2) is 5.54 Å². The van der Waals surface area contributed by atoms with Crippen molar-refractivity contribution in [1.82, 2.24) is 5.32 Å². The molecule has 1 fully saturated rings. The van der Waals surface area contributed by atoms with Crippen LogP contribution >= 0.6 is 23.2 Å². The molecule has 0 aliphatic heterocycles. The monoisotopic (exact) mass is 286 g/mol. The Morgan fingerprint density at radius 2 is 1.72 bits per heavy atom. The highest BCUT2D eigenvalue weighted by molar-refractivity contribution is 6.38. The molecule has 0 saturated heterocycles. The van der Waals surface area contributed by atoms with Gasteiger partial charge in [0.15, 0.2) is 0 Å². The average Bonchev–Trinajstić information content (AvgIpc) is 2.34. The normalized spacial score (nSPS) is 18.8. The first-order chi connectivity index (χ1) is 8.50.